The fourth-order valence-corrected chi connectivity index (χ4v) is 3.05. The van der Waals surface area contributed by atoms with Crippen LogP contribution in [0, 0.1) is 0 Å². The lowest BCUT2D eigenvalue weighted by Crippen LogP contribution is -2.29. The van der Waals surface area contributed by atoms with Crippen LogP contribution in [0.15, 0.2) is 68.5 Å². The van der Waals surface area contributed by atoms with Crippen molar-refractivity contribution < 1.29 is 31.2 Å². The van der Waals surface area contributed by atoms with E-state index in [1.54, 1.807) is 0 Å². The average Bonchev–Trinajstić information content (AvgIpc) is 3.02. The molecule has 0 atom stereocenters. The van der Waals surface area contributed by atoms with Gasteiger partial charge in [-0.25, -0.2) is 16.8 Å². The van der Waals surface area contributed by atoms with Crippen LogP contribution >= 0.6 is 0 Å². The summed E-state index contributed by atoms with van der Waals surface area (Å²) in [4.78, 5) is 23.5. The van der Waals surface area contributed by atoms with Gasteiger partial charge in [0.15, 0.2) is 21.4 Å². The number of amides is 1. The molecule has 0 spiro atoms. The van der Waals surface area contributed by atoms with Crippen molar-refractivity contribution in [2.24, 2.45) is 10.2 Å². The van der Waals surface area contributed by atoms with Crippen molar-refractivity contribution in [1.82, 2.24) is 0 Å². The largest absolute Gasteiger partial charge is 0.405 e. The van der Waals surface area contributed by atoms with Crippen molar-refractivity contribution in [3.63, 3.8) is 0 Å². The van der Waals surface area contributed by atoms with Gasteiger partial charge in [-0.05, 0) is 48.5 Å². The van der Waals surface area contributed by atoms with E-state index in [-0.39, 0.29) is 33.6 Å². The Morgan fingerprint density at radius 2 is 1.48 bits per heavy atom. The molecule has 1 aliphatic rings. The van der Waals surface area contributed by atoms with Gasteiger partial charge in [0, 0.05) is 0 Å². The average molecular weight is 436 g/mol. The number of hydrogen-bond acceptors (Lipinski definition) is 10. The maximum absolute atomic E-state index is 12.6. The predicted molar refractivity (Wildman–Crippen MR) is 103 cm³/mol. The Morgan fingerprint density at radius 3 is 2.00 bits per heavy atom. The highest BCUT2D eigenvalue weighted by Gasteiger charge is 2.35. The standard InChI is InChI=1S/C16H12N4O7S2/c21-9-27-15-14(18-17-10-1-5-12(6-2-10)28(23)24)16(22)20(19-15)11-3-7-13(8-4-11)29(25)26/h1-9,17,28-29H/b18-14+. The van der Waals surface area contributed by atoms with E-state index in [2.05, 4.69) is 15.6 Å². The van der Waals surface area contributed by atoms with E-state index in [1.807, 2.05) is 0 Å². The third-order valence-electron chi connectivity index (χ3n) is 3.63. The third kappa shape index (κ3) is 4.47. The zero-order chi connectivity index (χ0) is 21.0. The molecule has 0 fully saturated rings. The van der Waals surface area contributed by atoms with Crippen LogP contribution in [0.2, 0.25) is 0 Å². The summed E-state index contributed by atoms with van der Waals surface area (Å²) in [5, 5.41) is 8.66. The van der Waals surface area contributed by atoms with Crippen molar-refractivity contribution in [1.29, 1.82) is 0 Å². The molecule has 1 aliphatic heterocycles. The lowest BCUT2D eigenvalue weighted by atomic mass is 10.3. The summed E-state index contributed by atoms with van der Waals surface area (Å²) in [6.45, 7) is 0.0793. The van der Waals surface area contributed by atoms with Crippen LogP contribution in [-0.2, 0) is 35.7 Å². The van der Waals surface area contributed by atoms with E-state index < -0.39 is 27.3 Å². The topological polar surface area (TPSA) is 152 Å². The zero-order valence-corrected chi connectivity index (χ0v) is 16.1. The van der Waals surface area contributed by atoms with E-state index in [0.29, 0.717) is 5.69 Å². The van der Waals surface area contributed by atoms with Crippen LogP contribution in [0.1, 0.15) is 0 Å². The molecule has 0 saturated carbocycles. The molecule has 11 nitrogen and oxygen atoms in total. The second kappa shape index (κ2) is 8.62. The Kier molecular flexibility index (Phi) is 5.99. The lowest BCUT2D eigenvalue weighted by molar-refractivity contribution is -0.121. The Balaban J connectivity index is 1.86. The SMILES string of the molecule is O=COC1=NN(c2ccc([SH](=O)=O)cc2)C(=O)/C1=N/Nc1ccc([SH](=O)=O)cc1. The van der Waals surface area contributed by atoms with Gasteiger partial charge in [0.25, 0.3) is 12.4 Å². The molecule has 0 bridgehead atoms. The summed E-state index contributed by atoms with van der Waals surface area (Å²) in [6.07, 6.45) is 0. The summed E-state index contributed by atoms with van der Waals surface area (Å²) in [5.74, 6) is -1.09. The molecular weight excluding hydrogens is 424 g/mol. The van der Waals surface area contributed by atoms with Gasteiger partial charge < -0.3 is 4.74 Å². The number of ether oxygens (including phenoxy) is 1. The van der Waals surface area contributed by atoms with Crippen molar-refractivity contribution in [2.75, 3.05) is 10.4 Å². The summed E-state index contributed by atoms with van der Waals surface area (Å²) in [6, 6.07) is 10.9. The maximum Gasteiger partial charge on any atom is 0.304 e. The number of anilines is 2. The molecule has 3 rings (SSSR count). The number of rotatable bonds is 6. The first-order valence-electron chi connectivity index (χ1n) is 7.77. The van der Waals surface area contributed by atoms with Crippen LogP contribution in [0.5, 0.6) is 0 Å². The summed E-state index contributed by atoms with van der Waals surface area (Å²) < 4.78 is 48.5. The minimum absolute atomic E-state index is 0.0579. The summed E-state index contributed by atoms with van der Waals surface area (Å²) in [7, 11) is -5.50. The van der Waals surface area contributed by atoms with Gasteiger partial charge in [0.05, 0.1) is 21.2 Å². The van der Waals surface area contributed by atoms with Gasteiger partial charge in [-0.1, -0.05) is 0 Å². The Labute approximate surface area is 167 Å². The number of carbonyl (C=O) groups excluding carboxylic acids is 2. The number of hydrogen-bond donors (Lipinski definition) is 3. The van der Waals surface area contributed by atoms with E-state index in [0.717, 1.165) is 5.01 Å². The zero-order valence-electron chi connectivity index (χ0n) is 14.3. The lowest BCUT2D eigenvalue weighted by Gasteiger charge is -2.10. The Bertz CT molecular complexity index is 1150. The first-order chi connectivity index (χ1) is 13.9. The van der Waals surface area contributed by atoms with E-state index in [9.17, 15) is 26.4 Å². The number of hydrazone groups is 2. The number of benzene rings is 2. The monoisotopic (exact) mass is 436 g/mol. The van der Waals surface area contributed by atoms with Crippen LogP contribution in [0.25, 0.3) is 0 Å². The molecule has 150 valence electrons. The van der Waals surface area contributed by atoms with Crippen molar-refractivity contribution >= 4 is 56.8 Å². The fraction of sp³-hybridized carbons (Fsp3) is 0. The third-order valence-corrected chi connectivity index (χ3v) is 5.07. The van der Waals surface area contributed by atoms with Crippen molar-refractivity contribution in [3.05, 3.63) is 48.5 Å². The first kappa shape index (κ1) is 20.2. The predicted octanol–water partition coefficient (Wildman–Crippen LogP) is -0.0716. The molecule has 0 unspecified atom stereocenters. The minimum atomic E-state index is -2.77. The van der Waals surface area contributed by atoms with Crippen LogP contribution in [-0.4, -0.2) is 40.8 Å². The number of carbonyl (C=O) groups is 2. The second-order valence-electron chi connectivity index (χ2n) is 5.39. The van der Waals surface area contributed by atoms with E-state index in [1.165, 1.54) is 48.5 Å². The molecule has 29 heavy (non-hydrogen) atoms. The first-order valence-corrected chi connectivity index (χ1v) is 10.1. The summed E-state index contributed by atoms with van der Waals surface area (Å²) in [5.41, 5.74) is 2.85. The van der Waals surface area contributed by atoms with Gasteiger partial charge in [0.1, 0.15) is 0 Å². The van der Waals surface area contributed by atoms with E-state index >= 15 is 0 Å². The fourth-order valence-electron chi connectivity index (χ4n) is 2.26. The molecule has 13 heteroatoms. The van der Waals surface area contributed by atoms with Crippen LogP contribution in [0.4, 0.5) is 11.4 Å². The van der Waals surface area contributed by atoms with Gasteiger partial charge in [-0.2, -0.15) is 10.1 Å². The minimum Gasteiger partial charge on any atom is -0.405 e. The Morgan fingerprint density at radius 1 is 0.931 bits per heavy atom. The quantitative estimate of drug-likeness (QED) is 0.323. The highest BCUT2D eigenvalue weighted by atomic mass is 32.2. The highest BCUT2D eigenvalue weighted by Crippen LogP contribution is 2.21. The van der Waals surface area contributed by atoms with Gasteiger partial charge in [0.2, 0.25) is 5.71 Å². The van der Waals surface area contributed by atoms with Crippen molar-refractivity contribution in [3.8, 4) is 0 Å². The molecule has 2 aromatic rings. The van der Waals surface area contributed by atoms with Gasteiger partial charge in [-0.15, -0.1) is 5.10 Å². The molecule has 0 radical (unpaired) electrons. The van der Waals surface area contributed by atoms with Gasteiger partial charge >= 0.3 is 5.91 Å². The number of nitrogens with zero attached hydrogens (tertiary/aromatic N) is 3. The molecule has 0 saturated heterocycles. The molecular formula is C16H12N4O7S2. The van der Waals surface area contributed by atoms with Crippen LogP contribution < -0.4 is 10.4 Å². The van der Waals surface area contributed by atoms with Crippen LogP contribution in [0.3, 0.4) is 0 Å². The number of nitrogens with one attached hydrogen (secondary N) is 1. The second-order valence-corrected chi connectivity index (χ2v) is 7.45. The van der Waals surface area contributed by atoms with Crippen molar-refractivity contribution in [2.45, 2.75) is 9.79 Å². The highest BCUT2D eigenvalue weighted by molar-refractivity contribution is 7.72. The maximum atomic E-state index is 12.6. The van der Waals surface area contributed by atoms with E-state index in [4.69, 9.17) is 4.74 Å². The molecule has 0 aliphatic carbocycles. The normalized spacial score (nSPS) is 15.1. The molecule has 2 aromatic carbocycles. The molecule has 1 amide bonds. The molecule has 1 heterocycles. The smallest absolute Gasteiger partial charge is 0.304 e. The summed E-state index contributed by atoms with van der Waals surface area (Å²) >= 11 is 0. The molecule has 1 N–H and O–H groups in total. The Hall–Kier alpha value is -3.58. The van der Waals surface area contributed by atoms with Gasteiger partial charge in [-0.3, -0.25) is 15.0 Å². The molecule has 0 aromatic heterocycles. The number of thiol groups is 2.